The van der Waals surface area contributed by atoms with Gasteiger partial charge in [-0.15, -0.1) is 0 Å². The van der Waals surface area contributed by atoms with Gasteiger partial charge in [0.2, 0.25) is 5.95 Å². The number of H-pyrrole nitrogens is 1. The van der Waals surface area contributed by atoms with Crippen LogP contribution in [0.15, 0.2) is 18.2 Å². The summed E-state index contributed by atoms with van der Waals surface area (Å²) in [5.41, 5.74) is 8.60. The number of nitrogen functional groups attached to an aromatic ring is 1. The SMILES string of the molecule is CCC1CCC(C)N1c1nc2ccc(N)cc2[nH]1. The number of hydrogen-bond donors (Lipinski definition) is 2. The van der Waals surface area contributed by atoms with Crippen LogP contribution in [0.1, 0.15) is 33.1 Å². The second-order valence-corrected chi connectivity index (χ2v) is 5.23. The van der Waals surface area contributed by atoms with Crippen LogP contribution in [0, 0.1) is 0 Å². The van der Waals surface area contributed by atoms with Crippen molar-refractivity contribution in [1.29, 1.82) is 0 Å². The number of aromatic nitrogens is 2. The average Bonchev–Trinajstić information content (AvgIpc) is 2.91. The van der Waals surface area contributed by atoms with E-state index in [9.17, 15) is 0 Å². The first kappa shape index (κ1) is 11.4. The van der Waals surface area contributed by atoms with E-state index in [0.717, 1.165) is 22.7 Å². The van der Waals surface area contributed by atoms with Gasteiger partial charge in [0.15, 0.2) is 0 Å². The zero-order chi connectivity index (χ0) is 12.7. The van der Waals surface area contributed by atoms with Gasteiger partial charge in [0.25, 0.3) is 0 Å². The Labute approximate surface area is 107 Å². The highest BCUT2D eigenvalue weighted by Crippen LogP contribution is 2.31. The molecule has 18 heavy (non-hydrogen) atoms. The molecule has 1 aliphatic heterocycles. The fourth-order valence-corrected chi connectivity index (χ4v) is 2.99. The van der Waals surface area contributed by atoms with Crippen LogP contribution in [0.2, 0.25) is 0 Å². The van der Waals surface area contributed by atoms with Crippen LogP contribution in [0.3, 0.4) is 0 Å². The predicted molar refractivity (Wildman–Crippen MR) is 75.8 cm³/mol. The Kier molecular flexibility index (Phi) is 2.65. The summed E-state index contributed by atoms with van der Waals surface area (Å²) in [5.74, 6) is 0.993. The number of benzene rings is 1. The van der Waals surface area contributed by atoms with Crippen LogP contribution in [0.4, 0.5) is 11.6 Å². The van der Waals surface area contributed by atoms with Crippen molar-refractivity contribution >= 4 is 22.7 Å². The molecule has 1 aromatic heterocycles. The Balaban J connectivity index is 2.03. The van der Waals surface area contributed by atoms with Crippen LogP contribution < -0.4 is 10.6 Å². The van der Waals surface area contributed by atoms with Gasteiger partial charge >= 0.3 is 0 Å². The number of nitrogens with two attached hydrogens (primary N) is 1. The maximum Gasteiger partial charge on any atom is 0.204 e. The van der Waals surface area contributed by atoms with Crippen LogP contribution >= 0.6 is 0 Å². The average molecular weight is 244 g/mol. The third-order valence-electron chi connectivity index (χ3n) is 4.00. The second-order valence-electron chi connectivity index (χ2n) is 5.23. The van der Waals surface area contributed by atoms with E-state index in [-0.39, 0.29) is 0 Å². The van der Waals surface area contributed by atoms with Gasteiger partial charge in [-0.3, -0.25) is 0 Å². The topological polar surface area (TPSA) is 57.9 Å². The highest BCUT2D eigenvalue weighted by molar-refractivity contribution is 5.81. The zero-order valence-corrected chi connectivity index (χ0v) is 11.0. The van der Waals surface area contributed by atoms with E-state index < -0.39 is 0 Å². The van der Waals surface area contributed by atoms with Crippen molar-refractivity contribution in [3.8, 4) is 0 Å². The maximum absolute atomic E-state index is 5.81. The molecule has 0 spiro atoms. The largest absolute Gasteiger partial charge is 0.399 e. The summed E-state index contributed by atoms with van der Waals surface area (Å²) in [6, 6.07) is 7.00. The molecule has 0 aliphatic carbocycles. The minimum Gasteiger partial charge on any atom is -0.399 e. The molecule has 2 aromatic rings. The van der Waals surface area contributed by atoms with Gasteiger partial charge < -0.3 is 15.6 Å². The molecule has 1 aliphatic rings. The van der Waals surface area contributed by atoms with Gasteiger partial charge in [-0.25, -0.2) is 4.98 Å². The fourth-order valence-electron chi connectivity index (χ4n) is 2.99. The summed E-state index contributed by atoms with van der Waals surface area (Å²) in [6.07, 6.45) is 3.68. The minimum atomic E-state index is 0.563. The lowest BCUT2D eigenvalue weighted by atomic mass is 10.2. The highest BCUT2D eigenvalue weighted by atomic mass is 15.3. The summed E-state index contributed by atoms with van der Waals surface area (Å²) in [5, 5.41) is 0. The minimum absolute atomic E-state index is 0.563. The molecule has 2 unspecified atom stereocenters. The van der Waals surface area contributed by atoms with Gasteiger partial charge in [0.05, 0.1) is 11.0 Å². The van der Waals surface area contributed by atoms with Crippen molar-refractivity contribution in [2.24, 2.45) is 0 Å². The van der Waals surface area contributed by atoms with Gasteiger partial charge in [0.1, 0.15) is 0 Å². The molecule has 0 saturated carbocycles. The van der Waals surface area contributed by atoms with Crippen molar-refractivity contribution in [3.05, 3.63) is 18.2 Å². The number of nitrogens with one attached hydrogen (secondary N) is 1. The molecule has 1 aromatic carbocycles. The second kappa shape index (κ2) is 4.19. The molecule has 3 rings (SSSR count). The van der Waals surface area contributed by atoms with Crippen LogP contribution in [-0.2, 0) is 0 Å². The van der Waals surface area contributed by atoms with Crippen molar-refractivity contribution in [2.75, 3.05) is 10.6 Å². The smallest absolute Gasteiger partial charge is 0.204 e. The lowest BCUT2D eigenvalue weighted by molar-refractivity contribution is 0.616. The number of anilines is 2. The number of nitrogens with zero attached hydrogens (tertiary/aromatic N) is 2. The van der Waals surface area contributed by atoms with Crippen molar-refractivity contribution < 1.29 is 0 Å². The molecule has 2 atom stereocenters. The van der Waals surface area contributed by atoms with E-state index in [0.29, 0.717) is 12.1 Å². The highest BCUT2D eigenvalue weighted by Gasteiger charge is 2.31. The Morgan fingerprint density at radius 2 is 2.28 bits per heavy atom. The summed E-state index contributed by atoms with van der Waals surface area (Å²) in [7, 11) is 0. The first-order valence-electron chi connectivity index (χ1n) is 6.72. The number of rotatable bonds is 2. The molecular weight excluding hydrogens is 224 g/mol. The summed E-state index contributed by atoms with van der Waals surface area (Å²) < 4.78 is 0. The van der Waals surface area contributed by atoms with Crippen molar-refractivity contribution in [3.63, 3.8) is 0 Å². The summed E-state index contributed by atoms with van der Waals surface area (Å²) in [4.78, 5) is 10.5. The molecule has 3 N–H and O–H groups in total. The quantitative estimate of drug-likeness (QED) is 0.799. The lowest BCUT2D eigenvalue weighted by Crippen LogP contribution is -2.34. The molecule has 0 bridgehead atoms. The fraction of sp³-hybridized carbons (Fsp3) is 0.500. The number of fused-ring (bicyclic) bond motifs is 1. The number of aromatic amines is 1. The van der Waals surface area contributed by atoms with E-state index in [1.165, 1.54) is 19.3 Å². The van der Waals surface area contributed by atoms with Crippen LogP contribution in [0.5, 0.6) is 0 Å². The molecule has 4 heteroatoms. The van der Waals surface area contributed by atoms with Crippen molar-refractivity contribution in [1.82, 2.24) is 9.97 Å². The van der Waals surface area contributed by atoms with Crippen LogP contribution in [-0.4, -0.2) is 22.1 Å². The predicted octanol–water partition coefficient (Wildman–Crippen LogP) is 2.91. The summed E-state index contributed by atoms with van der Waals surface area (Å²) >= 11 is 0. The first-order chi connectivity index (χ1) is 8.69. The Morgan fingerprint density at radius 3 is 3.06 bits per heavy atom. The van der Waals surface area contributed by atoms with E-state index in [1.807, 2.05) is 18.2 Å². The lowest BCUT2D eigenvalue weighted by Gasteiger charge is -2.27. The number of hydrogen-bond acceptors (Lipinski definition) is 3. The molecule has 1 saturated heterocycles. The van der Waals surface area contributed by atoms with E-state index >= 15 is 0 Å². The van der Waals surface area contributed by atoms with Gasteiger partial charge in [0, 0.05) is 17.8 Å². The van der Waals surface area contributed by atoms with E-state index in [4.69, 9.17) is 10.7 Å². The first-order valence-corrected chi connectivity index (χ1v) is 6.72. The Morgan fingerprint density at radius 1 is 1.44 bits per heavy atom. The molecule has 96 valence electrons. The molecular formula is C14H20N4. The molecule has 0 radical (unpaired) electrons. The Hall–Kier alpha value is -1.71. The summed E-state index contributed by atoms with van der Waals surface area (Å²) in [6.45, 7) is 4.52. The third kappa shape index (κ3) is 1.72. The Bertz CT molecular complexity index is 560. The van der Waals surface area contributed by atoms with E-state index in [1.54, 1.807) is 0 Å². The van der Waals surface area contributed by atoms with Gasteiger partial charge in [-0.2, -0.15) is 0 Å². The molecule has 2 heterocycles. The van der Waals surface area contributed by atoms with Crippen molar-refractivity contribution in [2.45, 2.75) is 45.2 Å². The third-order valence-corrected chi connectivity index (χ3v) is 4.00. The molecule has 1 fully saturated rings. The van der Waals surface area contributed by atoms with Gasteiger partial charge in [-0.1, -0.05) is 6.92 Å². The van der Waals surface area contributed by atoms with Crippen LogP contribution in [0.25, 0.3) is 11.0 Å². The molecule has 4 nitrogen and oxygen atoms in total. The molecule has 0 amide bonds. The normalized spacial score (nSPS) is 24.0. The number of imidazole rings is 1. The maximum atomic E-state index is 5.81. The monoisotopic (exact) mass is 244 g/mol. The zero-order valence-electron chi connectivity index (χ0n) is 11.0. The standard InChI is InChI=1S/C14H20N4/c1-3-11-6-4-9(2)18(11)14-16-12-7-5-10(15)8-13(12)17-14/h5,7-9,11H,3-4,6,15H2,1-2H3,(H,16,17). The van der Waals surface area contributed by atoms with Gasteiger partial charge in [-0.05, 0) is 44.4 Å². The van der Waals surface area contributed by atoms with E-state index in [2.05, 4.69) is 23.7 Å².